The largest absolute Gasteiger partial charge is 0.338 e. The molecule has 0 radical (unpaired) electrons. The number of hydrogen-bond acceptors (Lipinski definition) is 2. The maximum atomic E-state index is 13.0. The van der Waals surface area contributed by atoms with E-state index in [1.54, 1.807) is 4.90 Å². The van der Waals surface area contributed by atoms with Crippen molar-refractivity contribution in [1.29, 1.82) is 0 Å². The van der Waals surface area contributed by atoms with E-state index in [4.69, 9.17) is 17.3 Å². The van der Waals surface area contributed by atoms with E-state index in [0.717, 1.165) is 6.42 Å². The molecular formula is C13H17Cl2FN2O. The summed E-state index contributed by atoms with van der Waals surface area (Å²) < 4.78 is 13.0. The SMILES string of the molecule is CC(N)C1CCN(C(=O)c2ccc(F)c(Cl)c2)C1.Cl. The molecule has 2 N–H and O–H groups in total. The summed E-state index contributed by atoms with van der Waals surface area (Å²) >= 11 is 5.68. The van der Waals surface area contributed by atoms with E-state index >= 15 is 0 Å². The molecule has 0 bridgehead atoms. The smallest absolute Gasteiger partial charge is 0.253 e. The summed E-state index contributed by atoms with van der Waals surface area (Å²) in [7, 11) is 0. The molecule has 1 heterocycles. The van der Waals surface area contributed by atoms with Crippen molar-refractivity contribution in [1.82, 2.24) is 4.90 Å². The van der Waals surface area contributed by atoms with Gasteiger partial charge in [0.2, 0.25) is 0 Å². The van der Waals surface area contributed by atoms with Crippen molar-refractivity contribution in [2.75, 3.05) is 13.1 Å². The minimum atomic E-state index is -0.511. The fourth-order valence-corrected chi connectivity index (χ4v) is 2.39. The normalized spacial score (nSPS) is 20.0. The number of rotatable bonds is 2. The molecule has 2 rings (SSSR count). The van der Waals surface area contributed by atoms with Gasteiger partial charge in [-0.05, 0) is 37.5 Å². The highest BCUT2D eigenvalue weighted by atomic mass is 35.5. The Bertz CT molecular complexity index is 468. The highest BCUT2D eigenvalue weighted by molar-refractivity contribution is 6.31. The Labute approximate surface area is 123 Å². The minimum absolute atomic E-state index is 0. The molecule has 2 atom stereocenters. The van der Waals surface area contributed by atoms with Gasteiger partial charge in [0, 0.05) is 24.7 Å². The van der Waals surface area contributed by atoms with E-state index in [2.05, 4.69) is 0 Å². The fourth-order valence-electron chi connectivity index (χ4n) is 2.21. The highest BCUT2D eigenvalue weighted by Gasteiger charge is 2.29. The summed E-state index contributed by atoms with van der Waals surface area (Å²) in [6.07, 6.45) is 0.915. The van der Waals surface area contributed by atoms with Crippen molar-refractivity contribution in [3.63, 3.8) is 0 Å². The van der Waals surface area contributed by atoms with Gasteiger partial charge in [-0.2, -0.15) is 0 Å². The maximum Gasteiger partial charge on any atom is 0.253 e. The number of hydrogen-bond donors (Lipinski definition) is 1. The molecule has 1 aromatic rings. The van der Waals surface area contributed by atoms with E-state index in [1.807, 2.05) is 6.92 Å². The highest BCUT2D eigenvalue weighted by Crippen LogP contribution is 2.22. The molecule has 6 heteroatoms. The number of benzene rings is 1. The topological polar surface area (TPSA) is 46.3 Å². The van der Waals surface area contributed by atoms with E-state index in [1.165, 1.54) is 18.2 Å². The van der Waals surface area contributed by atoms with Gasteiger partial charge in [0.15, 0.2) is 0 Å². The Morgan fingerprint density at radius 1 is 1.58 bits per heavy atom. The number of amides is 1. The van der Waals surface area contributed by atoms with Crippen LogP contribution in [0.15, 0.2) is 18.2 Å². The Morgan fingerprint density at radius 2 is 2.26 bits per heavy atom. The van der Waals surface area contributed by atoms with E-state index in [-0.39, 0.29) is 29.4 Å². The Morgan fingerprint density at radius 3 is 2.79 bits per heavy atom. The lowest BCUT2D eigenvalue weighted by Crippen LogP contribution is -2.33. The van der Waals surface area contributed by atoms with Crippen LogP contribution < -0.4 is 5.73 Å². The van der Waals surface area contributed by atoms with Gasteiger partial charge >= 0.3 is 0 Å². The van der Waals surface area contributed by atoms with Gasteiger partial charge in [0.1, 0.15) is 5.82 Å². The molecule has 1 aromatic carbocycles. The first-order valence-electron chi connectivity index (χ1n) is 5.99. The van der Waals surface area contributed by atoms with Crippen molar-refractivity contribution in [2.45, 2.75) is 19.4 Å². The zero-order valence-corrected chi connectivity index (χ0v) is 12.2. The molecule has 3 nitrogen and oxygen atoms in total. The first-order chi connectivity index (χ1) is 8.49. The minimum Gasteiger partial charge on any atom is -0.338 e. The first kappa shape index (κ1) is 16.2. The quantitative estimate of drug-likeness (QED) is 0.913. The van der Waals surface area contributed by atoms with Crippen molar-refractivity contribution < 1.29 is 9.18 Å². The molecule has 0 aliphatic carbocycles. The lowest BCUT2D eigenvalue weighted by Gasteiger charge is -2.18. The zero-order valence-electron chi connectivity index (χ0n) is 10.6. The van der Waals surface area contributed by atoms with Gasteiger partial charge in [0.05, 0.1) is 5.02 Å². The summed E-state index contributed by atoms with van der Waals surface area (Å²) in [5.41, 5.74) is 6.26. The second kappa shape index (κ2) is 6.55. The second-order valence-electron chi connectivity index (χ2n) is 4.79. The van der Waals surface area contributed by atoms with Gasteiger partial charge in [-0.3, -0.25) is 4.79 Å². The van der Waals surface area contributed by atoms with Crippen LogP contribution in [0.25, 0.3) is 0 Å². The third-order valence-electron chi connectivity index (χ3n) is 3.42. The third kappa shape index (κ3) is 3.59. The summed E-state index contributed by atoms with van der Waals surface area (Å²) in [5.74, 6) is -0.284. The zero-order chi connectivity index (χ0) is 13.3. The second-order valence-corrected chi connectivity index (χ2v) is 5.20. The Balaban J connectivity index is 0.00000180. The molecule has 2 unspecified atom stereocenters. The van der Waals surface area contributed by atoms with Gasteiger partial charge < -0.3 is 10.6 Å². The van der Waals surface area contributed by atoms with Crippen molar-refractivity contribution in [3.05, 3.63) is 34.6 Å². The molecule has 19 heavy (non-hydrogen) atoms. The van der Waals surface area contributed by atoms with Crippen molar-refractivity contribution >= 4 is 29.9 Å². The van der Waals surface area contributed by atoms with Crippen LogP contribution in [0.4, 0.5) is 4.39 Å². The molecule has 1 fully saturated rings. The van der Waals surface area contributed by atoms with Crippen LogP contribution in [0.1, 0.15) is 23.7 Å². The van der Waals surface area contributed by atoms with Crippen LogP contribution in [-0.4, -0.2) is 29.9 Å². The number of carbonyl (C=O) groups excluding carboxylic acids is 1. The Kier molecular flexibility index (Phi) is 5.59. The third-order valence-corrected chi connectivity index (χ3v) is 3.71. The van der Waals surface area contributed by atoms with E-state index in [9.17, 15) is 9.18 Å². The van der Waals surface area contributed by atoms with Crippen LogP contribution in [0.5, 0.6) is 0 Å². The van der Waals surface area contributed by atoms with Gasteiger partial charge in [0.25, 0.3) is 5.91 Å². The molecule has 106 valence electrons. The van der Waals surface area contributed by atoms with Crippen LogP contribution in [-0.2, 0) is 0 Å². The lowest BCUT2D eigenvalue weighted by atomic mass is 10.0. The van der Waals surface area contributed by atoms with Gasteiger partial charge in [-0.15, -0.1) is 12.4 Å². The molecule has 1 amide bonds. The molecule has 1 saturated heterocycles. The summed E-state index contributed by atoms with van der Waals surface area (Å²) in [5, 5.41) is -0.0243. The molecule has 0 aromatic heterocycles. The first-order valence-corrected chi connectivity index (χ1v) is 6.36. The average Bonchev–Trinajstić information content (AvgIpc) is 2.81. The predicted octanol–water partition coefficient (Wildman–Crippen LogP) is 2.71. The summed E-state index contributed by atoms with van der Waals surface area (Å²) in [6.45, 7) is 3.30. The fraction of sp³-hybridized carbons (Fsp3) is 0.462. The molecule has 0 saturated carbocycles. The number of halogens is 3. The number of nitrogens with zero attached hydrogens (tertiary/aromatic N) is 1. The van der Waals surface area contributed by atoms with Crippen molar-refractivity contribution in [2.24, 2.45) is 11.7 Å². The van der Waals surface area contributed by atoms with Crippen LogP contribution in [0.3, 0.4) is 0 Å². The number of carbonyl (C=O) groups is 1. The van der Waals surface area contributed by atoms with Gasteiger partial charge in [-0.1, -0.05) is 11.6 Å². The maximum absolute atomic E-state index is 13.0. The number of nitrogens with two attached hydrogens (primary N) is 1. The average molecular weight is 307 g/mol. The monoisotopic (exact) mass is 306 g/mol. The number of likely N-dealkylation sites (tertiary alicyclic amines) is 1. The van der Waals surface area contributed by atoms with Crippen LogP contribution in [0.2, 0.25) is 5.02 Å². The molecule has 1 aliphatic heterocycles. The van der Waals surface area contributed by atoms with Crippen LogP contribution >= 0.6 is 24.0 Å². The molecular weight excluding hydrogens is 290 g/mol. The lowest BCUT2D eigenvalue weighted by molar-refractivity contribution is 0.0786. The van der Waals surface area contributed by atoms with Crippen molar-refractivity contribution in [3.8, 4) is 0 Å². The van der Waals surface area contributed by atoms with E-state index in [0.29, 0.717) is 24.6 Å². The summed E-state index contributed by atoms with van der Waals surface area (Å²) in [6, 6.07) is 4.13. The van der Waals surface area contributed by atoms with Gasteiger partial charge in [-0.25, -0.2) is 4.39 Å². The molecule has 0 spiro atoms. The summed E-state index contributed by atoms with van der Waals surface area (Å²) in [4.78, 5) is 13.9. The predicted molar refractivity (Wildman–Crippen MR) is 76.3 cm³/mol. The van der Waals surface area contributed by atoms with Crippen LogP contribution in [0, 0.1) is 11.7 Å². The molecule has 1 aliphatic rings. The standard InChI is InChI=1S/C13H16ClFN2O.ClH/c1-8(16)10-4-5-17(7-10)13(18)9-2-3-12(15)11(14)6-9;/h2-3,6,8,10H,4-5,7,16H2,1H3;1H. The van der Waals surface area contributed by atoms with E-state index < -0.39 is 5.82 Å². The Hall–Kier alpha value is -0.840.